The third-order valence-corrected chi connectivity index (χ3v) is 3.85. The lowest BCUT2D eigenvalue weighted by Crippen LogP contribution is -2.20. The van der Waals surface area contributed by atoms with Crippen molar-refractivity contribution in [3.8, 4) is 11.5 Å². The SMILES string of the molecule is CN(C)CCOc1ccccc1/C=C1\COc2ccccc2C1=O. The molecule has 0 fully saturated rings. The third kappa shape index (κ3) is 3.66. The first-order valence-corrected chi connectivity index (χ1v) is 7.99. The van der Waals surface area contributed by atoms with Crippen LogP contribution in [0.5, 0.6) is 11.5 Å². The van der Waals surface area contributed by atoms with Crippen molar-refractivity contribution in [3.05, 3.63) is 65.2 Å². The number of para-hydroxylation sites is 2. The Balaban J connectivity index is 1.83. The fourth-order valence-electron chi connectivity index (χ4n) is 2.54. The van der Waals surface area contributed by atoms with Gasteiger partial charge in [0.2, 0.25) is 0 Å². The molecule has 1 heterocycles. The van der Waals surface area contributed by atoms with Crippen molar-refractivity contribution in [1.29, 1.82) is 0 Å². The van der Waals surface area contributed by atoms with Gasteiger partial charge in [-0.2, -0.15) is 0 Å². The highest BCUT2D eigenvalue weighted by Gasteiger charge is 2.22. The van der Waals surface area contributed by atoms with Crippen LogP contribution in [0.25, 0.3) is 6.08 Å². The van der Waals surface area contributed by atoms with Gasteiger partial charge in [-0.05, 0) is 38.4 Å². The van der Waals surface area contributed by atoms with E-state index in [1.165, 1.54) is 0 Å². The Labute approximate surface area is 142 Å². The molecule has 2 aromatic rings. The number of hydrogen-bond donors (Lipinski definition) is 0. The number of benzene rings is 2. The van der Waals surface area contributed by atoms with Crippen molar-refractivity contribution < 1.29 is 14.3 Å². The molecule has 24 heavy (non-hydrogen) atoms. The molecule has 0 amide bonds. The largest absolute Gasteiger partial charge is 0.492 e. The standard InChI is InChI=1S/C20H21NO3/c1-21(2)11-12-23-18-9-5-3-7-15(18)13-16-14-24-19-10-6-4-8-17(19)20(16)22/h3-10,13H,11-12,14H2,1-2H3/b16-13+. The molecule has 2 aromatic carbocycles. The van der Waals surface area contributed by atoms with Gasteiger partial charge in [-0.1, -0.05) is 30.3 Å². The summed E-state index contributed by atoms with van der Waals surface area (Å²) in [6.07, 6.45) is 1.86. The second kappa shape index (κ2) is 7.32. The predicted molar refractivity (Wildman–Crippen MR) is 94.7 cm³/mol. The van der Waals surface area contributed by atoms with Gasteiger partial charge in [-0.15, -0.1) is 0 Å². The van der Waals surface area contributed by atoms with E-state index in [1.54, 1.807) is 6.07 Å². The van der Waals surface area contributed by atoms with Gasteiger partial charge in [0.25, 0.3) is 0 Å². The fourth-order valence-corrected chi connectivity index (χ4v) is 2.54. The summed E-state index contributed by atoms with van der Waals surface area (Å²) < 4.78 is 11.6. The number of ketones is 1. The summed E-state index contributed by atoms with van der Waals surface area (Å²) in [5.74, 6) is 1.44. The molecule has 0 radical (unpaired) electrons. The Morgan fingerprint density at radius 3 is 2.71 bits per heavy atom. The maximum Gasteiger partial charge on any atom is 0.196 e. The van der Waals surface area contributed by atoms with Gasteiger partial charge in [0.1, 0.15) is 24.7 Å². The molecule has 0 bridgehead atoms. The van der Waals surface area contributed by atoms with E-state index in [2.05, 4.69) is 4.90 Å². The molecule has 4 heteroatoms. The van der Waals surface area contributed by atoms with Crippen molar-refractivity contribution in [2.45, 2.75) is 0 Å². The first kappa shape index (κ1) is 16.3. The minimum Gasteiger partial charge on any atom is -0.492 e. The number of hydrogen-bond acceptors (Lipinski definition) is 4. The van der Waals surface area contributed by atoms with Crippen LogP contribution >= 0.6 is 0 Å². The Hall–Kier alpha value is -2.59. The molecule has 0 unspecified atom stereocenters. The Bertz CT molecular complexity index is 765. The molecule has 0 aromatic heterocycles. The molecule has 0 saturated heterocycles. The van der Waals surface area contributed by atoms with Gasteiger partial charge < -0.3 is 14.4 Å². The lowest BCUT2D eigenvalue weighted by atomic mass is 9.98. The van der Waals surface area contributed by atoms with E-state index in [0.717, 1.165) is 17.9 Å². The van der Waals surface area contributed by atoms with E-state index < -0.39 is 0 Å². The summed E-state index contributed by atoms with van der Waals surface area (Å²) in [6, 6.07) is 15.1. The molecule has 1 aliphatic rings. The second-order valence-corrected chi connectivity index (χ2v) is 5.97. The highest BCUT2D eigenvalue weighted by atomic mass is 16.5. The van der Waals surface area contributed by atoms with Crippen LogP contribution < -0.4 is 9.47 Å². The van der Waals surface area contributed by atoms with E-state index in [0.29, 0.717) is 23.5 Å². The summed E-state index contributed by atoms with van der Waals surface area (Å²) >= 11 is 0. The molecule has 4 nitrogen and oxygen atoms in total. The minimum absolute atomic E-state index is 0.0138. The maximum absolute atomic E-state index is 12.6. The Morgan fingerprint density at radius 1 is 1.12 bits per heavy atom. The van der Waals surface area contributed by atoms with Gasteiger partial charge >= 0.3 is 0 Å². The topological polar surface area (TPSA) is 38.8 Å². The van der Waals surface area contributed by atoms with Crippen LogP contribution in [-0.4, -0.2) is 44.5 Å². The van der Waals surface area contributed by atoms with Gasteiger partial charge in [-0.25, -0.2) is 0 Å². The lowest BCUT2D eigenvalue weighted by molar-refractivity contribution is 0.100. The highest BCUT2D eigenvalue weighted by Crippen LogP contribution is 2.29. The fraction of sp³-hybridized carbons (Fsp3) is 0.250. The van der Waals surface area contributed by atoms with E-state index >= 15 is 0 Å². The number of nitrogens with zero attached hydrogens (tertiary/aromatic N) is 1. The van der Waals surface area contributed by atoms with E-state index in [9.17, 15) is 4.79 Å². The summed E-state index contributed by atoms with van der Waals surface area (Å²) in [7, 11) is 4.01. The van der Waals surface area contributed by atoms with E-state index in [-0.39, 0.29) is 12.4 Å². The normalized spacial score (nSPS) is 15.3. The monoisotopic (exact) mass is 323 g/mol. The van der Waals surface area contributed by atoms with E-state index in [4.69, 9.17) is 9.47 Å². The number of likely N-dealkylation sites (N-methyl/N-ethyl adjacent to an activating group) is 1. The average molecular weight is 323 g/mol. The lowest BCUT2D eigenvalue weighted by Gasteiger charge is -2.19. The molecule has 0 spiro atoms. The first-order valence-electron chi connectivity index (χ1n) is 7.99. The Morgan fingerprint density at radius 2 is 1.88 bits per heavy atom. The summed E-state index contributed by atoms with van der Waals surface area (Å²) in [5.41, 5.74) is 2.14. The smallest absolute Gasteiger partial charge is 0.196 e. The van der Waals surface area contributed by atoms with Gasteiger partial charge in [-0.3, -0.25) is 4.79 Å². The van der Waals surface area contributed by atoms with Crippen molar-refractivity contribution >= 4 is 11.9 Å². The average Bonchev–Trinajstić information content (AvgIpc) is 2.59. The maximum atomic E-state index is 12.6. The van der Waals surface area contributed by atoms with Gasteiger partial charge in [0, 0.05) is 17.7 Å². The zero-order valence-corrected chi connectivity index (χ0v) is 14.0. The molecule has 3 rings (SSSR count). The number of fused-ring (bicyclic) bond motifs is 1. The number of ether oxygens (including phenoxy) is 2. The number of Topliss-reactive ketones (excluding diaryl/α,β-unsaturated/α-hetero) is 1. The molecule has 0 atom stereocenters. The molecule has 0 saturated carbocycles. The van der Waals surface area contributed by atoms with Crippen LogP contribution in [0.3, 0.4) is 0 Å². The molecule has 0 N–H and O–H groups in total. The number of carbonyl (C=O) groups is 1. The Kier molecular flexibility index (Phi) is 4.96. The zero-order chi connectivity index (χ0) is 16.9. The number of carbonyl (C=O) groups excluding carboxylic acids is 1. The second-order valence-electron chi connectivity index (χ2n) is 5.97. The van der Waals surface area contributed by atoms with Crippen molar-refractivity contribution in [1.82, 2.24) is 4.90 Å². The highest BCUT2D eigenvalue weighted by molar-refractivity contribution is 6.14. The molecule has 124 valence electrons. The van der Waals surface area contributed by atoms with Crippen molar-refractivity contribution in [3.63, 3.8) is 0 Å². The zero-order valence-electron chi connectivity index (χ0n) is 14.0. The van der Waals surface area contributed by atoms with Crippen molar-refractivity contribution in [2.24, 2.45) is 0 Å². The molecule has 1 aliphatic heterocycles. The van der Waals surface area contributed by atoms with Crippen LogP contribution in [0.1, 0.15) is 15.9 Å². The van der Waals surface area contributed by atoms with Crippen LogP contribution in [0.15, 0.2) is 54.1 Å². The summed E-state index contributed by atoms with van der Waals surface area (Å²) in [6.45, 7) is 1.71. The summed E-state index contributed by atoms with van der Waals surface area (Å²) in [5, 5.41) is 0. The van der Waals surface area contributed by atoms with Gasteiger partial charge in [0.15, 0.2) is 5.78 Å². The van der Waals surface area contributed by atoms with Crippen LogP contribution in [0, 0.1) is 0 Å². The molecular formula is C20H21NO3. The quantitative estimate of drug-likeness (QED) is 0.792. The molecule has 0 aliphatic carbocycles. The predicted octanol–water partition coefficient (Wildman–Crippen LogP) is 3.29. The van der Waals surface area contributed by atoms with Crippen LogP contribution in [0.4, 0.5) is 0 Å². The number of rotatable bonds is 5. The molecular weight excluding hydrogens is 302 g/mol. The third-order valence-electron chi connectivity index (χ3n) is 3.85. The van der Waals surface area contributed by atoms with Crippen LogP contribution in [-0.2, 0) is 0 Å². The minimum atomic E-state index is 0.0138. The van der Waals surface area contributed by atoms with Crippen molar-refractivity contribution in [2.75, 3.05) is 33.9 Å². The summed E-state index contributed by atoms with van der Waals surface area (Å²) in [4.78, 5) is 14.7. The van der Waals surface area contributed by atoms with E-state index in [1.807, 2.05) is 62.6 Å². The van der Waals surface area contributed by atoms with Gasteiger partial charge in [0.05, 0.1) is 5.56 Å². The van der Waals surface area contributed by atoms with Crippen LogP contribution in [0.2, 0.25) is 0 Å². The first-order chi connectivity index (χ1) is 11.6.